The summed E-state index contributed by atoms with van der Waals surface area (Å²) >= 11 is 13.9. The maximum Gasteiger partial charge on any atom is 0.220 e. The Balaban J connectivity index is 1.37. The van der Waals surface area contributed by atoms with Crippen molar-refractivity contribution in [2.24, 2.45) is 0 Å². The van der Waals surface area contributed by atoms with Crippen LogP contribution >= 0.6 is 35.0 Å². The Labute approximate surface area is 203 Å². The molecule has 0 aliphatic carbocycles. The van der Waals surface area contributed by atoms with Crippen LogP contribution in [-0.2, 0) is 11.2 Å². The predicted molar refractivity (Wildman–Crippen MR) is 136 cm³/mol. The van der Waals surface area contributed by atoms with Crippen molar-refractivity contribution in [3.63, 3.8) is 0 Å². The molecule has 1 aliphatic rings. The molecule has 0 aromatic heterocycles. The molecule has 1 unspecified atom stereocenters. The zero-order chi connectivity index (χ0) is 22.5. The highest BCUT2D eigenvalue weighted by atomic mass is 35.5. The fourth-order valence-corrected chi connectivity index (χ4v) is 5.42. The number of anilines is 1. The molecule has 0 bridgehead atoms. The summed E-state index contributed by atoms with van der Waals surface area (Å²) < 4.78 is 0. The first kappa shape index (κ1) is 23.0. The molecule has 2 N–H and O–H groups in total. The normalized spacial score (nSPS) is 16.7. The number of fused-ring (bicyclic) bond motifs is 1. The van der Waals surface area contributed by atoms with Crippen LogP contribution in [0.1, 0.15) is 36.8 Å². The maximum atomic E-state index is 12.8. The van der Waals surface area contributed by atoms with Gasteiger partial charge in [-0.2, -0.15) is 0 Å². The van der Waals surface area contributed by atoms with Crippen LogP contribution in [-0.4, -0.2) is 17.3 Å². The molecule has 1 amide bonds. The molecule has 3 atom stereocenters. The standard InChI is InChI=1S/C26H26Cl2N2OS/c1-17(29-25(31)14-15-26-30-23-4-2-3-5-24(23)32-26)22(19-8-12-21(28)13-9-19)16-18-6-10-20(27)11-7-18/h2-13,17,22,26,30H,14-16H2,1H3,(H,29,31)/t17-,22+,26?/m1/s1. The third-order valence-corrected chi connectivity index (χ3v) is 7.52. The highest BCUT2D eigenvalue weighted by Gasteiger charge is 2.24. The van der Waals surface area contributed by atoms with E-state index in [9.17, 15) is 4.79 Å². The number of rotatable bonds is 8. The smallest absolute Gasteiger partial charge is 0.220 e. The van der Waals surface area contributed by atoms with Gasteiger partial charge < -0.3 is 10.6 Å². The fourth-order valence-electron chi connectivity index (χ4n) is 4.03. The first-order chi connectivity index (χ1) is 15.5. The van der Waals surface area contributed by atoms with Crippen molar-refractivity contribution in [2.45, 2.75) is 48.4 Å². The second-order valence-electron chi connectivity index (χ2n) is 8.13. The van der Waals surface area contributed by atoms with Crippen LogP contribution in [0.5, 0.6) is 0 Å². The highest BCUT2D eigenvalue weighted by molar-refractivity contribution is 8.00. The van der Waals surface area contributed by atoms with E-state index in [0.29, 0.717) is 11.4 Å². The molecule has 1 heterocycles. The monoisotopic (exact) mass is 484 g/mol. The third kappa shape index (κ3) is 6.00. The van der Waals surface area contributed by atoms with Crippen molar-refractivity contribution in [1.29, 1.82) is 0 Å². The summed E-state index contributed by atoms with van der Waals surface area (Å²) in [6.45, 7) is 2.07. The van der Waals surface area contributed by atoms with E-state index in [1.165, 1.54) is 10.5 Å². The number of carbonyl (C=O) groups is 1. The van der Waals surface area contributed by atoms with Crippen LogP contribution in [0.3, 0.4) is 0 Å². The molecule has 1 aliphatic heterocycles. The molecule has 4 rings (SSSR count). The summed E-state index contributed by atoms with van der Waals surface area (Å²) in [6.07, 6.45) is 2.06. The lowest BCUT2D eigenvalue weighted by atomic mass is 9.86. The van der Waals surface area contributed by atoms with Crippen molar-refractivity contribution in [2.75, 3.05) is 5.32 Å². The lowest BCUT2D eigenvalue weighted by molar-refractivity contribution is -0.121. The van der Waals surface area contributed by atoms with Gasteiger partial charge in [-0.1, -0.05) is 71.4 Å². The number of carbonyl (C=O) groups excluding carboxylic acids is 1. The summed E-state index contributed by atoms with van der Waals surface area (Å²) in [4.78, 5) is 14.0. The van der Waals surface area contributed by atoms with Crippen LogP contribution < -0.4 is 10.6 Å². The summed E-state index contributed by atoms with van der Waals surface area (Å²) in [5.74, 6) is 0.201. The average Bonchev–Trinajstić information content (AvgIpc) is 3.21. The van der Waals surface area contributed by atoms with Crippen molar-refractivity contribution in [3.8, 4) is 0 Å². The lowest BCUT2D eigenvalue weighted by Crippen LogP contribution is -2.38. The SMILES string of the molecule is C[C@@H](NC(=O)CCC1Nc2ccccc2S1)[C@H](Cc1ccc(Cl)cc1)c1ccc(Cl)cc1. The van der Waals surface area contributed by atoms with Crippen molar-refractivity contribution < 1.29 is 4.79 Å². The number of thioether (sulfide) groups is 1. The summed E-state index contributed by atoms with van der Waals surface area (Å²) in [5, 5.41) is 8.39. The van der Waals surface area contributed by atoms with Crippen molar-refractivity contribution >= 4 is 46.6 Å². The van der Waals surface area contributed by atoms with Gasteiger partial charge in [-0.05, 0) is 67.3 Å². The first-order valence-corrected chi connectivity index (χ1v) is 12.4. The molecule has 32 heavy (non-hydrogen) atoms. The Morgan fingerprint density at radius 2 is 1.66 bits per heavy atom. The van der Waals surface area contributed by atoms with Crippen molar-refractivity contribution in [1.82, 2.24) is 5.32 Å². The maximum absolute atomic E-state index is 12.8. The van der Waals surface area contributed by atoms with Crippen LogP contribution in [0, 0.1) is 0 Å². The van der Waals surface area contributed by atoms with Crippen LogP contribution in [0.15, 0.2) is 77.7 Å². The van der Waals surface area contributed by atoms with Gasteiger partial charge in [-0.15, -0.1) is 0 Å². The molecular weight excluding hydrogens is 459 g/mol. The molecule has 3 nitrogen and oxygen atoms in total. The van der Waals surface area contributed by atoms with Gasteiger partial charge in [0.2, 0.25) is 5.91 Å². The number of halogens is 2. The minimum atomic E-state index is -0.0271. The number of benzene rings is 3. The van der Waals surface area contributed by atoms with Crippen LogP contribution in [0.2, 0.25) is 10.0 Å². The van der Waals surface area contributed by atoms with Gasteiger partial charge in [0.25, 0.3) is 0 Å². The molecule has 6 heteroatoms. The topological polar surface area (TPSA) is 41.1 Å². The Kier molecular flexibility index (Phi) is 7.67. The molecule has 0 radical (unpaired) electrons. The molecule has 0 saturated heterocycles. The van der Waals surface area contributed by atoms with Gasteiger partial charge in [0.15, 0.2) is 0 Å². The number of hydrogen-bond donors (Lipinski definition) is 2. The molecule has 0 saturated carbocycles. The Hall–Kier alpha value is -2.14. The molecule has 166 valence electrons. The van der Waals surface area contributed by atoms with E-state index in [0.717, 1.165) is 29.1 Å². The van der Waals surface area contributed by atoms with E-state index in [-0.39, 0.29) is 23.2 Å². The minimum absolute atomic E-state index is 0.0271. The molecule has 0 fully saturated rings. The van der Waals surface area contributed by atoms with Gasteiger partial charge in [0.05, 0.1) is 5.37 Å². The lowest BCUT2D eigenvalue weighted by Gasteiger charge is -2.26. The zero-order valence-electron chi connectivity index (χ0n) is 17.9. The van der Waals surface area contributed by atoms with E-state index < -0.39 is 0 Å². The summed E-state index contributed by atoms with van der Waals surface area (Å²) in [7, 11) is 0. The Morgan fingerprint density at radius 3 is 2.34 bits per heavy atom. The summed E-state index contributed by atoms with van der Waals surface area (Å²) in [5.41, 5.74) is 3.49. The second-order valence-corrected chi connectivity index (χ2v) is 10.2. The van der Waals surface area contributed by atoms with Crippen LogP contribution in [0.4, 0.5) is 5.69 Å². The van der Waals surface area contributed by atoms with Gasteiger partial charge in [-0.3, -0.25) is 4.79 Å². The number of nitrogens with one attached hydrogen (secondary N) is 2. The summed E-state index contributed by atoms with van der Waals surface area (Å²) in [6, 6.07) is 24.0. The zero-order valence-corrected chi connectivity index (χ0v) is 20.2. The van der Waals surface area contributed by atoms with E-state index in [1.807, 2.05) is 60.7 Å². The molecule has 3 aromatic carbocycles. The van der Waals surface area contributed by atoms with Gasteiger partial charge in [-0.25, -0.2) is 0 Å². The largest absolute Gasteiger partial charge is 0.372 e. The molecule has 0 spiro atoms. The molecule has 3 aromatic rings. The van der Waals surface area contributed by atoms with E-state index >= 15 is 0 Å². The highest BCUT2D eigenvalue weighted by Crippen LogP contribution is 2.39. The fraction of sp³-hybridized carbons (Fsp3) is 0.269. The number of amides is 1. The molecular formula is C26H26Cl2N2OS. The Bertz CT molecular complexity index is 1030. The number of hydrogen-bond acceptors (Lipinski definition) is 3. The second kappa shape index (κ2) is 10.7. The quantitative estimate of drug-likeness (QED) is 0.356. The average molecular weight is 485 g/mol. The third-order valence-electron chi connectivity index (χ3n) is 5.77. The van der Waals surface area contributed by atoms with E-state index in [2.05, 4.69) is 29.7 Å². The van der Waals surface area contributed by atoms with E-state index in [1.54, 1.807) is 11.8 Å². The van der Waals surface area contributed by atoms with Gasteiger partial charge in [0, 0.05) is 39.0 Å². The van der Waals surface area contributed by atoms with Gasteiger partial charge in [0.1, 0.15) is 0 Å². The van der Waals surface area contributed by atoms with Crippen molar-refractivity contribution in [3.05, 3.63) is 94.0 Å². The predicted octanol–water partition coefficient (Wildman–Crippen LogP) is 7.15. The van der Waals surface area contributed by atoms with Gasteiger partial charge >= 0.3 is 0 Å². The Morgan fingerprint density at radius 1 is 1.00 bits per heavy atom. The minimum Gasteiger partial charge on any atom is -0.372 e. The number of para-hydroxylation sites is 1. The van der Waals surface area contributed by atoms with Crippen LogP contribution in [0.25, 0.3) is 0 Å². The first-order valence-electron chi connectivity index (χ1n) is 10.8. The van der Waals surface area contributed by atoms with E-state index in [4.69, 9.17) is 23.2 Å².